The highest BCUT2D eigenvalue weighted by atomic mass is 32.1. The van der Waals surface area contributed by atoms with Gasteiger partial charge in [-0.05, 0) is 29.5 Å². The summed E-state index contributed by atoms with van der Waals surface area (Å²) in [5.41, 5.74) is 4.19. The van der Waals surface area contributed by atoms with Crippen LogP contribution in [0.5, 0.6) is 0 Å². The Balaban J connectivity index is 2.13. The Bertz CT molecular complexity index is 639. The lowest BCUT2D eigenvalue weighted by Crippen LogP contribution is -2.08. The first kappa shape index (κ1) is 12.2. The van der Waals surface area contributed by atoms with Crippen molar-refractivity contribution in [1.82, 2.24) is 0 Å². The predicted octanol–water partition coefficient (Wildman–Crippen LogP) is 3.67. The summed E-state index contributed by atoms with van der Waals surface area (Å²) in [6.45, 7) is 2.25. The molecular weight excluding hydrogens is 256 g/mol. The highest BCUT2D eigenvalue weighted by Gasteiger charge is 2.28. The van der Waals surface area contributed by atoms with Crippen molar-refractivity contribution in [3.8, 4) is 0 Å². The van der Waals surface area contributed by atoms with Gasteiger partial charge in [0.1, 0.15) is 0 Å². The number of fused-ring (bicyclic) bond motifs is 1. The van der Waals surface area contributed by atoms with E-state index in [1.54, 1.807) is 11.3 Å². The minimum atomic E-state index is -0.193. The van der Waals surface area contributed by atoms with Gasteiger partial charge in [-0.1, -0.05) is 30.3 Å². The molecule has 1 aromatic heterocycles. The molecule has 1 heterocycles. The monoisotopic (exact) mass is 270 g/mol. The average Bonchev–Trinajstić information content (AvgIpc) is 3.05. The SMILES string of the molecule is CCOC(=O)C1=C(c2cccs2)c2ccccc2C1. The standard InChI is InChI=1S/C16H14O2S/c1-2-18-16(17)13-10-11-6-3-4-7-12(11)15(13)14-8-5-9-19-14/h3-9H,2,10H2,1H3. The number of esters is 1. The molecule has 2 nitrogen and oxygen atoms in total. The highest BCUT2D eigenvalue weighted by Crippen LogP contribution is 2.39. The third-order valence-corrected chi connectivity index (χ3v) is 4.13. The summed E-state index contributed by atoms with van der Waals surface area (Å²) in [4.78, 5) is 13.3. The van der Waals surface area contributed by atoms with Gasteiger partial charge in [0.15, 0.2) is 0 Å². The number of thiophene rings is 1. The average molecular weight is 270 g/mol. The minimum Gasteiger partial charge on any atom is -0.463 e. The van der Waals surface area contributed by atoms with Gasteiger partial charge in [-0.3, -0.25) is 0 Å². The Morgan fingerprint density at radius 1 is 1.26 bits per heavy atom. The van der Waals surface area contributed by atoms with Crippen molar-refractivity contribution in [2.75, 3.05) is 6.61 Å². The van der Waals surface area contributed by atoms with E-state index in [9.17, 15) is 4.79 Å². The van der Waals surface area contributed by atoms with E-state index in [0.29, 0.717) is 13.0 Å². The zero-order valence-corrected chi connectivity index (χ0v) is 11.5. The molecule has 0 radical (unpaired) electrons. The second-order valence-corrected chi connectivity index (χ2v) is 5.33. The van der Waals surface area contributed by atoms with E-state index >= 15 is 0 Å². The Morgan fingerprint density at radius 3 is 2.84 bits per heavy atom. The molecule has 0 saturated heterocycles. The maximum Gasteiger partial charge on any atom is 0.335 e. The molecule has 0 saturated carbocycles. The van der Waals surface area contributed by atoms with Crippen LogP contribution >= 0.6 is 11.3 Å². The third-order valence-electron chi connectivity index (χ3n) is 3.25. The largest absolute Gasteiger partial charge is 0.463 e. The number of carbonyl (C=O) groups is 1. The molecule has 0 bridgehead atoms. The van der Waals surface area contributed by atoms with Crippen molar-refractivity contribution in [2.24, 2.45) is 0 Å². The Hall–Kier alpha value is -1.87. The summed E-state index contributed by atoms with van der Waals surface area (Å²) in [7, 11) is 0. The second-order valence-electron chi connectivity index (χ2n) is 4.39. The molecule has 3 rings (SSSR count). The maximum absolute atomic E-state index is 12.1. The minimum absolute atomic E-state index is 0.193. The Kier molecular flexibility index (Phi) is 3.22. The van der Waals surface area contributed by atoms with Crippen molar-refractivity contribution in [2.45, 2.75) is 13.3 Å². The van der Waals surface area contributed by atoms with Crippen LogP contribution in [-0.2, 0) is 16.0 Å². The summed E-state index contributed by atoms with van der Waals surface area (Å²) in [6, 6.07) is 12.3. The van der Waals surface area contributed by atoms with Gasteiger partial charge < -0.3 is 4.74 Å². The molecule has 0 N–H and O–H groups in total. The molecule has 0 aliphatic heterocycles. The summed E-state index contributed by atoms with van der Waals surface area (Å²) < 4.78 is 5.19. The molecule has 0 spiro atoms. The van der Waals surface area contributed by atoms with Crippen molar-refractivity contribution >= 4 is 22.9 Å². The van der Waals surface area contributed by atoms with Crippen LogP contribution in [0.25, 0.3) is 5.57 Å². The van der Waals surface area contributed by atoms with Crippen LogP contribution < -0.4 is 0 Å². The molecule has 1 aromatic carbocycles. The zero-order chi connectivity index (χ0) is 13.2. The normalized spacial score (nSPS) is 13.5. The maximum atomic E-state index is 12.1. The zero-order valence-electron chi connectivity index (χ0n) is 10.7. The van der Waals surface area contributed by atoms with Gasteiger partial charge in [0, 0.05) is 16.9 Å². The van der Waals surface area contributed by atoms with Crippen LogP contribution in [-0.4, -0.2) is 12.6 Å². The van der Waals surface area contributed by atoms with Gasteiger partial charge in [-0.25, -0.2) is 4.79 Å². The highest BCUT2D eigenvalue weighted by molar-refractivity contribution is 7.11. The quantitative estimate of drug-likeness (QED) is 0.795. The summed E-state index contributed by atoms with van der Waals surface area (Å²) >= 11 is 1.66. The molecule has 0 atom stereocenters. The molecule has 1 aliphatic rings. The molecule has 96 valence electrons. The molecular formula is C16H14O2S. The summed E-state index contributed by atoms with van der Waals surface area (Å²) in [5, 5.41) is 2.03. The fourth-order valence-electron chi connectivity index (χ4n) is 2.45. The van der Waals surface area contributed by atoms with E-state index in [4.69, 9.17) is 4.74 Å². The Labute approximate surface area is 116 Å². The van der Waals surface area contributed by atoms with Gasteiger partial charge >= 0.3 is 5.97 Å². The van der Waals surface area contributed by atoms with Crippen LogP contribution in [0.2, 0.25) is 0 Å². The first-order valence-corrected chi connectivity index (χ1v) is 7.21. The lowest BCUT2D eigenvalue weighted by molar-refractivity contribution is -0.138. The van der Waals surface area contributed by atoms with Crippen molar-refractivity contribution in [3.05, 3.63) is 63.4 Å². The van der Waals surface area contributed by atoms with Gasteiger partial charge in [0.25, 0.3) is 0 Å². The predicted molar refractivity (Wildman–Crippen MR) is 77.1 cm³/mol. The summed E-state index contributed by atoms with van der Waals surface area (Å²) in [5.74, 6) is -0.193. The van der Waals surface area contributed by atoms with Gasteiger partial charge in [-0.15, -0.1) is 11.3 Å². The number of rotatable bonds is 3. The van der Waals surface area contributed by atoms with E-state index in [0.717, 1.165) is 21.6 Å². The fraction of sp³-hybridized carbons (Fsp3) is 0.188. The molecule has 19 heavy (non-hydrogen) atoms. The second kappa shape index (κ2) is 5.02. The van der Waals surface area contributed by atoms with E-state index in [2.05, 4.69) is 18.2 Å². The van der Waals surface area contributed by atoms with Gasteiger partial charge in [0.2, 0.25) is 0 Å². The van der Waals surface area contributed by atoms with Crippen LogP contribution in [0.1, 0.15) is 22.9 Å². The van der Waals surface area contributed by atoms with E-state index in [-0.39, 0.29) is 5.97 Å². The molecule has 2 aromatic rings. The molecule has 3 heteroatoms. The number of carbonyl (C=O) groups excluding carboxylic acids is 1. The Morgan fingerprint density at radius 2 is 2.11 bits per heavy atom. The fourth-order valence-corrected chi connectivity index (χ4v) is 3.27. The number of hydrogen-bond donors (Lipinski definition) is 0. The van der Waals surface area contributed by atoms with E-state index < -0.39 is 0 Å². The van der Waals surface area contributed by atoms with Crippen LogP contribution in [0, 0.1) is 0 Å². The van der Waals surface area contributed by atoms with Gasteiger partial charge in [0.05, 0.1) is 12.2 Å². The molecule has 0 fully saturated rings. The van der Waals surface area contributed by atoms with E-state index in [1.807, 2.05) is 30.5 Å². The van der Waals surface area contributed by atoms with Crippen LogP contribution in [0.3, 0.4) is 0 Å². The van der Waals surface area contributed by atoms with Crippen molar-refractivity contribution in [1.29, 1.82) is 0 Å². The first-order valence-electron chi connectivity index (χ1n) is 6.33. The topological polar surface area (TPSA) is 26.3 Å². The first-order chi connectivity index (χ1) is 9.31. The number of benzene rings is 1. The lowest BCUT2D eigenvalue weighted by atomic mass is 10.0. The van der Waals surface area contributed by atoms with Crippen molar-refractivity contribution in [3.63, 3.8) is 0 Å². The summed E-state index contributed by atoms with van der Waals surface area (Å²) in [6.07, 6.45) is 0.669. The number of hydrogen-bond acceptors (Lipinski definition) is 3. The van der Waals surface area contributed by atoms with E-state index in [1.165, 1.54) is 5.56 Å². The molecule has 0 amide bonds. The smallest absolute Gasteiger partial charge is 0.335 e. The van der Waals surface area contributed by atoms with Crippen molar-refractivity contribution < 1.29 is 9.53 Å². The molecule has 1 aliphatic carbocycles. The van der Waals surface area contributed by atoms with Crippen LogP contribution in [0.4, 0.5) is 0 Å². The third kappa shape index (κ3) is 2.10. The van der Waals surface area contributed by atoms with Gasteiger partial charge in [-0.2, -0.15) is 0 Å². The van der Waals surface area contributed by atoms with Crippen LogP contribution in [0.15, 0.2) is 47.4 Å². The molecule has 0 unspecified atom stereocenters. The lowest BCUT2D eigenvalue weighted by Gasteiger charge is -2.06. The number of ether oxygens (including phenoxy) is 1.